The van der Waals surface area contributed by atoms with E-state index in [1.54, 1.807) is 22.9 Å². The van der Waals surface area contributed by atoms with Gasteiger partial charge in [0.05, 0.1) is 23.9 Å². The summed E-state index contributed by atoms with van der Waals surface area (Å²) in [5, 5.41) is 4.99. The number of halogens is 1. The van der Waals surface area contributed by atoms with Gasteiger partial charge in [0.2, 0.25) is 5.88 Å². The third kappa shape index (κ3) is 5.04. The van der Waals surface area contributed by atoms with Crippen molar-refractivity contribution in [3.8, 4) is 28.6 Å². The van der Waals surface area contributed by atoms with E-state index >= 15 is 0 Å². The van der Waals surface area contributed by atoms with E-state index in [9.17, 15) is 4.79 Å². The normalized spacial score (nSPS) is 10.5. The molecule has 0 saturated heterocycles. The number of hydrogen-bond donors (Lipinski definition) is 0. The SMILES string of the molecule is CCOc1cc(-c2ccccc2)nn1CCOc1ccc(OC(C)=O)cc1Cl. The Morgan fingerprint density at radius 2 is 1.89 bits per heavy atom. The van der Waals surface area contributed by atoms with Crippen molar-refractivity contribution in [1.29, 1.82) is 0 Å². The molecule has 0 spiro atoms. The van der Waals surface area contributed by atoms with Crippen LogP contribution < -0.4 is 14.2 Å². The molecular weight excluding hydrogens is 380 g/mol. The Morgan fingerprint density at radius 1 is 1.11 bits per heavy atom. The van der Waals surface area contributed by atoms with E-state index < -0.39 is 5.97 Å². The molecule has 0 unspecified atom stereocenters. The molecule has 2 aromatic carbocycles. The minimum absolute atomic E-state index is 0.350. The largest absolute Gasteiger partial charge is 0.490 e. The minimum Gasteiger partial charge on any atom is -0.490 e. The highest BCUT2D eigenvalue weighted by molar-refractivity contribution is 6.32. The average molecular weight is 401 g/mol. The van der Waals surface area contributed by atoms with Crippen LogP contribution in [0.25, 0.3) is 11.3 Å². The van der Waals surface area contributed by atoms with Gasteiger partial charge < -0.3 is 14.2 Å². The van der Waals surface area contributed by atoms with Crippen LogP contribution in [-0.4, -0.2) is 29.0 Å². The Balaban J connectivity index is 1.67. The molecule has 1 aromatic heterocycles. The number of nitrogens with zero attached hydrogens (tertiary/aromatic N) is 2. The summed E-state index contributed by atoms with van der Waals surface area (Å²) >= 11 is 6.20. The highest BCUT2D eigenvalue weighted by Gasteiger charge is 2.11. The van der Waals surface area contributed by atoms with Gasteiger partial charge in [0.15, 0.2) is 0 Å². The molecule has 0 aliphatic rings. The van der Waals surface area contributed by atoms with E-state index in [4.69, 9.17) is 25.8 Å². The van der Waals surface area contributed by atoms with Gasteiger partial charge in [0.1, 0.15) is 18.1 Å². The smallest absolute Gasteiger partial charge is 0.308 e. The topological polar surface area (TPSA) is 62.6 Å². The molecule has 3 aromatic rings. The quantitative estimate of drug-likeness (QED) is 0.408. The van der Waals surface area contributed by atoms with E-state index in [1.807, 2.05) is 43.3 Å². The van der Waals surface area contributed by atoms with Crippen molar-refractivity contribution >= 4 is 17.6 Å². The van der Waals surface area contributed by atoms with Crippen molar-refractivity contribution in [1.82, 2.24) is 9.78 Å². The maximum atomic E-state index is 11.0. The van der Waals surface area contributed by atoms with Gasteiger partial charge in [-0.15, -0.1) is 0 Å². The van der Waals surface area contributed by atoms with Gasteiger partial charge in [-0.05, 0) is 19.1 Å². The molecule has 0 fully saturated rings. The fraction of sp³-hybridized carbons (Fsp3) is 0.238. The van der Waals surface area contributed by atoms with Crippen LogP contribution in [0, 0.1) is 0 Å². The molecule has 1 heterocycles. The van der Waals surface area contributed by atoms with Gasteiger partial charge in [-0.3, -0.25) is 4.79 Å². The number of rotatable bonds is 8. The van der Waals surface area contributed by atoms with E-state index in [0.29, 0.717) is 42.2 Å². The first-order chi connectivity index (χ1) is 13.6. The second-order valence-electron chi connectivity index (χ2n) is 5.92. The third-order valence-corrected chi connectivity index (χ3v) is 4.13. The zero-order chi connectivity index (χ0) is 19.9. The van der Waals surface area contributed by atoms with Gasteiger partial charge in [0.25, 0.3) is 0 Å². The summed E-state index contributed by atoms with van der Waals surface area (Å²) in [4.78, 5) is 11.0. The molecular formula is C21H21ClN2O4. The van der Waals surface area contributed by atoms with Crippen molar-refractivity contribution in [2.45, 2.75) is 20.4 Å². The predicted molar refractivity (Wildman–Crippen MR) is 107 cm³/mol. The number of benzene rings is 2. The molecule has 3 rings (SSSR count). The molecule has 0 radical (unpaired) electrons. The van der Waals surface area contributed by atoms with E-state index in [1.165, 1.54) is 6.92 Å². The summed E-state index contributed by atoms with van der Waals surface area (Å²) in [6, 6.07) is 16.7. The standard InChI is InChI=1S/C21H21ClN2O4/c1-3-26-21-14-19(16-7-5-4-6-8-16)23-24(21)11-12-27-20-10-9-17(13-18(20)22)28-15(2)25/h4-10,13-14H,3,11-12H2,1-2H3. The molecule has 0 atom stereocenters. The number of esters is 1. The molecule has 0 aliphatic carbocycles. The first-order valence-corrected chi connectivity index (χ1v) is 9.31. The molecule has 6 nitrogen and oxygen atoms in total. The second kappa shape index (κ2) is 9.28. The van der Waals surface area contributed by atoms with Gasteiger partial charge in [0, 0.05) is 24.6 Å². The van der Waals surface area contributed by atoms with Gasteiger partial charge in [-0.25, -0.2) is 4.68 Å². The fourth-order valence-electron chi connectivity index (χ4n) is 2.64. The van der Waals surface area contributed by atoms with Crippen molar-refractivity contribution < 1.29 is 19.0 Å². The van der Waals surface area contributed by atoms with Gasteiger partial charge in [-0.2, -0.15) is 5.10 Å². The van der Waals surface area contributed by atoms with Crippen LogP contribution in [-0.2, 0) is 11.3 Å². The van der Waals surface area contributed by atoms with Crippen LogP contribution in [0.4, 0.5) is 0 Å². The van der Waals surface area contributed by atoms with E-state index in [2.05, 4.69) is 5.10 Å². The molecule has 0 bridgehead atoms. The summed E-state index contributed by atoms with van der Waals surface area (Å²) in [5.74, 6) is 1.16. The third-order valence-electron chi connectivity index (χ3n) is 3.83. The Kier molecular flexibility index (Phi) is 6.55. The molecule has 7 heteroatoms. The average Bonchev–Trinajstić information content (AvgIpc) is 3.07. The second-order valence-corrected chi connectivity index (χ2v) is 6.33. The summed E-state index contributed by atoms with van der Waals surface area (Å²) in [5.41, 5.74) is 1.86. The minimum atomic E-state index is -0.402. The van der Waals surface area contributed by atoms with Crippen LogP contribution in [0.5, 0.6) is 17.4 Å². The van der Waals surface area contributed by atoms with Crippen molar-refractivity contribution in [3.05, 3.63) is 59.6 Å². The Labute approximate surface area is 168 Å². The fourth-order valence-corrected chi connectivity index (χ4v) is 2.87. The summed E-state index contributed by atoms with van der Waals surface area (Å²) in [7, 11) is 0. The zero-order valence-electron chi connectivity index (χ0n) is 15.7. The summed E-state index contributed by atoms with van der Waals surface area (Å²) < 4.78 is 18.2. The van der Waals surface area contributed by atoms with Crippen molar-refractivity contribution in [2.24, 2.45) is 0 Å². The molecule has 0 saturated carbocycles. The van der Waals surface area contributed by atoms with E-state index in [0.717, 1.165) is 11.3 Å². The van der Waals surface area contributed by atoms with Crippen LogP contribution >= 0.6 is 11.6 Å². The molecule has 0 N–H and O–H groups in total. The molecule has 0 amide bonds. The Hall–Kier alpha value is -2.99. The van der Waals surface area contributed by atoms with Crippen LogP contribution in [0.1, 0.15) is 13.8 Å². The van der Waals surface area contributed by atoms with Crippen molar-refractivity contribution in [2.75, 3.05) is 13.2 Å². The lowest BCUT2D eigenvalue weighted by atomic mass is 10.2. The van der Waals surface area contributed by atoms with Gasteiger partial charge in [-0.1, -0.05) is 41.9 Å². The maximum absolute atomic E-state index is 11.0. The number of aromatic nitrogens is 2. The Bertz CT molecular complexity index is 941. The number of hydrogen-bond acceptors (Lipinski definition) is 5. The van der Waals surface area contributed by atoms with Crippen LogP contribution in [0.3, 0.4) is 0 Å². The van der Waals surface area contributed by atoms with E-state index in [-0.39, 0.29) is 0 Å². The first kappa shape index (κ1) is 19.8. The summed E-state index contributed by atoms with van der Waals surface area (Å²) in [6.07, 6.45) is 0. The van der Waals surface area contributed by atoms with Crippen molar-refractivity contribution in [3.63, 3.8) is 0 Å². The number of carbonyl (C=O) groups excluding carboxylic acids is 1. The molecule has 0 aliphatic heterocycles. The number of ether oxygens (including phenoxy) is 3. The zero-order valence-corrected chi connectivity index (χ0v) is 16.5. The lowest BCUT2D eigenvalue weighted by Crippen LogP contribution is -2.12. The maximum Gasteiger partial charge on any atom is 0.308 e. The van der Waals surface area contributed by atoms with Crippen LogP contribution in [0.2, 0.25) is 5.02 Å². The monoisotopic (exact) mass is 400 g/mol. The lowest BCUT2D eigenvalue weighted by Gasteiger charge is -2.11. The predicted octanol–water partition coefficient (Wildman–Crippen LogP) is 4.61. The Morgan fingerprint density at radius 3 is 2.57 bits per heavy atom. The summed E-state index contributed by atoms with van der Waals surface area (Å²) in [6.45, 7) is 4.65. The molecule has 28 heavy (non-hydrogen) atoms. The molecule has 146 valence electrons. The highest BCUT2D eigenvalue weighted by atomic mass is 35.5. The van der Waals surface area contributed by atoms with Crippen LogP contribution in [0.15, 0.2) is 54.6 Å². The first-order valence-electron chi connectivity index (χ1n) is 8.93. The van der Waals surface area contributed by atoms with Gasteiger partial charge >= 0.3 is 5.97 Å². The number of carbonyl (C=O) groups is 1. The lowest BCUT2D eigenvalue weighted by molar-refractivity contribution is -0.131. The highest BCUT2D eigenvalue weighted by Crippen LogP contribution is 2.29.